The average Bonchev–Trinajstić information content (AvgIpc) is 2.13. The summed E-state index contributed by atoms with van der Waals surface area (Å²) in [6.45, 7) is 8.58. The van der Waals surface area contributed by atoms with Crippen LogP contribution in [0.25, 0.3) is 0 Å². The van der Waals surface area contributed by atoms with Gasteiger partial charge in [-0.2, -0.15) is 0 Å². The molecule has 1 fully saturated rings. The number of ketones is 1. The lowest BCUT2D eigenvalue weighted by Gasteiger charge is -2.24. The Bertz CT molecular complexity index is 126. The molecule has 0 spiro atoms. The van der Waals surface area contributed by atoms with Crippen LogP contribution in [0.4, 0.5) is 0 Å². The van der Waals surface area contributed by atoms with Gasteiger partial charge in [0, 0.05) is 32.5 Å². The molecule has 70 valence electrons. The van der Waals surface area contributed by atoms with Gasteiger partial charge in [-0.15, -0.1) is 13.2 Å². The fraction of sp³-hybridized carbons (Fsp3) is 0.667. The van der Waals surface area contributed by atoms with Crippen LogP contribution in [-0.2, 0) is 4.79 Å². The molecule has 1 saturated heterocycles. The fourth-order valence-electron chi connectivity index (χ4n) is 1.17. The van der Waals surface area contributed by atoms with E-state index in [4.69, 9.17) is 5.11 Å². The van der Waals surface area contributed by atoms with E-state index in [0.29, 0.717) is 25.2 Å². The molecule has 3 heteroatoms. The second kappa shape index (κ2) is 7.00. The molecular weight excluding hydrogens is 154 g/mol. The Balaban J connectivity index is 0.000000561. The molecule has 0 saturated carbocycles. The third-order valence-corrected chi connectivity index (χ3v) is 1.83. The van der Waals surface area contributed by atoms with Crippen molar-refractivity contribution in [1.82, 2.24) is 4.90 Å². The predicted octanol–water partition coefficient (Wildman–Crippen LogP) is 0.446. The summed E-state index contributed by atoms with van der Waals surface area (Å²) in [6, 6.07) is 0. The highest BCUT2D eigenvalue weighted by Gasteiger charge is 2.14. The lowest BCUT2D eigenvalue weighted by Crippen LogP contribution is -2.35. The lowest BCUT2D eigenvalue weighted by atomic mass is 10.1. The van der Waals surface area contributed by atoms with E-state index < -0.39 is 0 Å². The maximum absolute atomic E-state index is 10.7. The van der Waals surface area contributed by atoms with E-state index in [1.807, 2.05) is 0 Å². The van der Waals surface area contributed by atoms with Crippen molar-refractivity contribution in [3.63, 3.8) is 0 Å². The number of piperidine rings is 1. The Morgan fingerprint density at radius 3 is 2.25 bits per heavy atom. The summed E-state index contributed by atoms with van der Waals surface area (Å²) in [5, 5.41) is 8.56. The van der Waals surface area contributed by atoms with E-state index in [9.17, 15) is 4.79 Å². The quantitative estimate of drug-likeness (QED) is 0.613. The Hall–Kier alpha value is -0.670. The van der Waals surface area contributed by atoms with Gasteiger partial charge in [-0.25, -0.2) is 0 Å². The number of β-amino-alcohol motifs (C(OH)–C–C–N with tert-alkyl or cyclic N) is 1. The van der Waals surface area contributed by atoms with Gasteiger partial charge in [0.15, 0.2) is 0 Å². The molecule has 0 aromatic carbocycles. The van der Waals surface area contributed by atoms with Crippen molar-refractivity contribution in [2.24, 2.45) is 0 Å². The minimum absolute atomic E-state index is 0.203. The minimum Gasteiger partial charge on any atom is -0.395 e. The standard InChI is InChI=1S/C7H13NO2.C2H4/c9-6-5-8-3-1-7(10)2-4-8;1-2/h9H,1-6H2;1-2H2. The van der Waals surface area contributed by atoms with Gasteiger partial charge in [0.05, 0.1) is 6.61 Å². The van der Waals surface area contributed by atoms with Crippen molar-refractivity contribution in [3.05, 3.63) is 13.2 Å². The van der Waals surface area contributed by atoms with Crippen LogP contribution in [0, 0.1) is 0 Å². The number of nitrogens with zero attached hydrogens (tertiary/aromatic N) is 1. The smallest absolute Gasteiger partial charge is 0.135 e. The topological polar surface area (TPSA) is 40.5 Å². The van der Waals surface area contributed by atoms with Crippen LogP contribution in [0.1, 0.15) is 12.8 Å². The van der Waals surface area contributed by atoms with Crippen LogP contribution >= 0.6 is 0 Å². The molecule has 1 aliphatic rings. The summed E-state index contributed by atoms with van der Waals surface area (Å²) in [7, 11) is 0. The van der Waals surface area contributed by atoms with Gasteiger partial charge >= 0.3 is 0 Å². The van der Waals surface area contributed by atoms with Gasteiger partial charge in [0.1, 0.15) is 5.78 Å². The number of hydrogen-bond donors (Lipinski definition) is 1. The molecule has 12 heavy (non-hydrogen) atoms. The van der Waals surface area contributed by atoms with E-state index in [1.54, 1.807) is 0 Å². The number of rotatable bonds is 2. The van der Waals surface area contributed by atoms with Crippen molar-refractivity contribution >= 4 is 5.78 Å². The first-order valence-corrected chi connectivity index (χ1v) is 4.18. The molecule has 1 N–H and O–H groups in total. The summed E-state index contributed by atoms with van der Waals surface area (Å²) in [5.41, 5.74) is 0. The summed E-state index contributed by atoms with van der Waals surface area (Å²) in [4.78, 5) is 12.8. The second-order valence-corrected chi connectivity index (χ2v) is 2.60. The first-order valence-electron chi connectivity index (χ1n) is 4.18. The van der Waals surface area contributed by atoms with Gasteiger partial charge in [-0.1, -0.05) is 0 Å². The Morgan fingerprint density at radius 2 is 1.83 bits per heavy atom. The summed E-state index contributed by atoms with van der Waals surface area (Å²) < 4.78 is 0. The van der Waals surface area contributed by atoms with Gasteiger partial charge in [0.25, 0.3) is 0 Å². The van der Waals surface area contributed by atoms with Gasteiger partial charge in [-0.05, 0) is 0 Å². The maximum Gasteiger partial charge on any atom is 0.135 e. The molecule has 0 aromatic rings. The van der Waals surface area contributed by atoms with Crippen molar-refractivity contribution in [3.8, 4) is 0 Å². The van der Waals surface area contributed by atoms with Crippen LogP contribution in [-0.4, -0.2) is 42.0 Å². The zero-order chi connectivity index (χ0) is 9.40. The highest BCUT2D eigenvalue weighted by atomic mass is 16.3. The average molecular weight is 171 g/mol. The van der Waals surface area contributed by atoms with Crippen molar-refractivity contribution in [1.29, 1.82) is 0 Å². The second-order valence-electron chi connectivity index (χ2n) is 2.60. The summed E-state index contributed by atoms with van der Waals surface area (Å²) in [5.74, 6) is 0.356. The van der Waals surface area contributed by atoms with Crippen molar-refractivity contribution in [2.75, 3.05) is 26.2 Å². The first kappa shape index (κ1) is 11.3. The zero-order valence-electron chi connectivity index (χ0n) is 7.46. The molecule has 1 heterocycles. The number of carbonyl (C=O) groups excluding carboxylic acids is 1. The normalized spacial score (nSPS) is 18.2. The molecule has 0 radical (unpaired) electrons. The largest absolute Gasteiger partial charge is 0.395 e. The van der Waals surface area contributed by atoms with E-state index in [-0.39, 0.29) is 6.61 Å². The summed E-state index contributed by atoms with van der Waals surface area (Å²) in [6.07, 6.45) is 1.33. The van der Waals surface area contributed by atoms with Crippen LogP contribution < -0.4 is 0 Å². The van der Waals surface area contributed by atoms with Crippen LogP contribution in [0.2, 0.25) is 0 Å². The monoisotopic (exact) mass is 171 g/mol. The molecule has 0 amide bonds. The molecule has 0 aromatic heterocycles. The third kappa shape index (κ3) is 4.26. The van der Waals surface area contributed by atoms with Crippen LogP contribution in [0.5, 0.6) is 0 Å². The molecule has 0 bridgehead atoms. The maximum atomic E-state index is 10.7. The molecule has 1 aliphatic heterocycles. The third-order valence-electron chi connectivity index (χ3n) is 1.83. The van der Waals surface area contributed by atoms with Crippen LogP contribution in [0.15, 0.2) is 13.2 Å². The Morgan fingerprint density at radius 1 is 1.33 bits per heavy atom. The van der Waals surface area contributed by atoms with Crippen molar-refractivity contribution < 1.29 is 9.90 Å². The SMILES string of the molecule is C=C.O=C1CCN(CCO)CC1. The number of hydrogen-bond acceptors (Lipinski definition) is 3. The van der Waals surface area contributed by atoms with E-state index in [1.165, 1.54) is 0 Å². The van der Waals surface area contributed by atoms with Gasteiger partial charge in [-0.3, -0.25) is 4.79 Å². The molecular formula is C9H17NO2. The fourth-order valence-corrected chi connectivity index (χ4v) is 1.17. The zero-order valence-corrected chi connectivity index (χ0v) is 7.46. The lowest BCUT2D eigenvalue weighted by molar-refractivity contribution is -0.121. The number of carbonyl (C=O) groups is 1. The Kier molecular flexibility index (Phi) is 6.61. The molecule has 0 atom stereocenters. The predicted molar refractivity (Wildman–Crippen MR) is 49.0 cm³/mol. The molecule has 0 aliphatic carbocycles. The number of Topliss-reactive ketones (excluding diaryl/α,β-unsaturated/α-hetero) is 1. The molecule has 1 rings (SSSR count). The van der Waals surface area contributed by atoms with Crippen molar-refractivity contribution in [2.45, 2.75) is 12.8 Å². The van der Waals surface area contributed by atoms with E-state index in [0.717, 1.165) is 13.1 Å². The van der Waals surface area contributed by atoms with Gasteiger partial charge in [0.2, 0.25) is 0 Å². The first-order chi connectivity index (χ1) is 5.83. The number of aliphatic hydroxyl groups is 1. The van der Waals surface area contributed by atoms with E-state index in [2.05, 4.69) is 18.1 Å². The van der Waals surface area contributed by atoms with Gasteiger partial charge < -0.3 is 10.0 Å². The Labute approximate surface area is 73.7 Å². The summed E-state index contributed by atoms with van der Waals surface area (Å²) >= 11 is 0. The highest BCUT2D eigenvalue weighted by molar-refractivity contribution is 5.79. The number of aliphatic hydroxyl groups excluding tert-OH is 1. The van der Waals surface area contributed by atoms with Crippen LogP contribution in [0.3, 0.4) is 0 Å². The highest BCUT2D eigenvalue weighted by Crippen LogP contribution is 2.03. The molecule has 0 unspecified atom stereocenters. The minimum atomic E-state index is 0.203. The van der Waals surface area contributed by atoms with E-state index >= 15 is 0 Å². The number of likely N-dealkylation sites (tertiary alicyclic amines) is 1. The molecule has 3 nitrogen and oxygen atoms in total.